The van der Waals surface area contributed by atoms with Crippen molar-refractivity contribution in [3.63, 3.8) is 0 Å². The quantitative estimate of drug-likeness (QED) is 0.573. The number of hydrogen-bond donors (Lipinski definition) is 1. The molecule has 2 atom stereocenters. The van der Waals surface area contributed by atoms with Crippen LogP contribution in [0.2, 0.25) is 0 Å². The average molecular weight is 561 g/mol. The Bertz CT molecular complexity index is 1410. The van der Waals surface area contributed by atoms with Gasteiger partial charge in [-0.1, -0.05) is 23.7 Å². The molecule has 3 amide bonds. The Morgan fingerprint density at radius 1 is 1.24 bits per heavy atom. The number of rotatable bonds is 4. The summed E-state index contributed by atoms with van der Waals surface area (Å²) in [5, 5.41) is 11.0. The average Bonchev–Trinajstić information content (AvgIpc) is 3.54. The molecule has 1 aromatic carbocycles. The lowest BCUT2D eigenvalue weighted by Crippen LogP contribution is -2.60. The van der Waals surface area contributed by atoms with Crippen molar-refractivity contribution in [1.82, 2.24) is 24.4 Å². The number of thiophene rings is 1. The fraction of sp³-hybridized carbons (Fsp3) is 0.458. The third-order valence-corrected chi connectivity index (χ3v) is 11.2. The minimum absolute atomic E-state index is 0.0199. The van der Waals surface area contributed by atoms with E-state index in [0.29, 0.717) is 12.1 Å². The highest BCUT2D eigenvalue weighted by Gasteiger charge is 2.41. The monoisotopic (exact) mass is 560 g/mol. The Hall–Kier alpha value is -2.63. The van der Waals surface area contributed by atoms with Gasteiger partial charge in [-0.3, -0.25) is 10.1 Å². The second-order valence-electron chi connectivity index (χ2n) is 9.34. The molecule has 1 aromatic heterocycles. The summed E-state index contributed by atoms with van der Waals surface area (Å²) in [6.45, 7) is 0.801. The standard InChI is InChI=1S/C24H28N6O4S3/c1-4-16-5-6-17-12-22(36-20(17)11-16)37(33,34)28-9-10-29(18(14-28)13-21(31)27(2)3)24(32)30-8-7-19-23(26-30)35-15-25-19/h1,5-6,11-12,18-19,25H,7-10,13-15H2,2-3H3. The van der Waals surface area contributed by atoms with Crippen LogP contribution in [0.3, 0.4) is 0 Å². The Balaban J connectivity index is 1.39. The molecular formula is C24H28N6O4S3. The van der Waals surface area contributed by atoms with Gasteiger partial charge in [-0.15, -0.1) is 17.8 Å². The van der Waals surface area contributed by atoms with Crippen molar-refractivity contribution in [1.29, 1.82) is 0 Å². The number of hydrogen-bond acceptors (Lipinski definition) is 8. The van der Waals surface area contributed by atoms with Crippen LogP contribution in [0.15, 0.2) is 33.6 Å². The molecule has 0 bridgehead atoms. The summed E-state index contributed by atoms with van der Waals surface area (Å²) in [5.74, 6) is 3.17. The van der Waals surface area contributed by atoms with Crippen LogP contribution in [0.25, 0.3) is 10.1 Å². The van der Waals surface area contributed by atoms with Gasteiger partial charge in [-0.2, -0.15) is 9.41 Å². The molecule has 37 heavy (non-hydrogen) atoms. The number of benzene rings is 1. The minimum atomic E-state index is -3.83. The van der Waals surface area contributed by atoms with Gasteiger partial charge in [0.2, 0.25) is 5.91 Å². The summed E-state index contributed by atoms with van der Waals surface area (Å²) in [6, 6.07) is 6.33. The minimum Gasteiger partial charge on any atom is -0.349 e. The highest BCUT2D eigenvalue weighted by molar-refractivity contribution is 8.14. The van der Waals surface area contributed by atoms with E-state index in [0.717, 1.165) is 27.4 Å². The molecule has 2 aromatic rings. The first-order valence-corrected chi connectivity index (χ1v) is 15.1. The van der Waals surface area contributed by atoms with Gasteiger partial charge in [0.15, 0.2) is 0 Å². The van der Waals surface area contributed by atoms with E-state index in [4.69, 9.17) is 6.42 Å². The molecular weight excluding hydrogens is 533 g/mol. The zero-order chi connectivity index (χ0) is 26.3. The van der Waals surface area contributed by atoms with Gasteiger partial charge in [-0.25, -0.2) is 18.2 Å². The zero-order valence-electron chi connectivity index (χ0n) is 20.6. The summed E-state index contributed by atoms with van der Waals surface area (Å²) in [4.78, 5) is 29.2. The maximum Gasteiger partial charge on any atom is 0.340 e. The van der Waals surface area contributed by atoms with Crippen molar-refractivity contribution < 1.29 is 18.0 Å². The lowest BCUT2D eigenvalue weighted by Gasteiger charge is -2.42. The molecule has 1 N–H and O–H groups in total. The largest absolute Gasteiger partial charge is 0.349 e. The molecule has 0 saturated carbocycles. The smallest absolute Gasteiger partial charge is 0.340 e. The third kappa shape index (κ3) is 5.08. The Labute approximate surface area is 224 Å². The number of carbonyl (C=O) groups is 2. The molecule has 2 unspecified atom stereocenters. The van der Waals surface area contributed by atoms with Crippen molar-refractivity contribution in [2.24, 2.45) is 5.10 Å². The SMILES string of the molecule is C#Cc1ccc2cc(S(=O)(=O)N3CCN(C(=O)N4CCC5NCSC5=N4)C(CC(=O)N(C)C)C3)sc2c1. The predicted molar refractivity (Wildman–Crippen MR) is 146 cm³/mol. The van der Waals surface area contributed by atoms with Crippen LogP contribution in [0.5, 0.6) is 0 Å². The molecule has 4 heterocycles. The summed E-state index contributed by atoms with van der Waals surface area (Å²) in [5.41, 5.74) is 0.687. The van der Waals surface area contributed by atoms with Crippen molar-refractivity contribution in [3.8, 4) is 12.3 Å². The van der Waals surface area contributed by atoms with Crippen LogP contribution >= 0.6 is 23.1 Å². The summed E-state index contributed by atoms with van der Waals surface area (Å²) in [6.07, 6.45) is 6.28. The fourth-order valence-electron chi connectivity index (χ4n) is 4.64. The van der Waals surface area contributed by atoms with Crippen molar-refractivity contribution >= 4 is 60.2 Å². The first-order chi connectivity index (χ1) is 17.7. The molecule has 5 rings (SSSR count). The van der Waals surface area contributed by atoms with E-state index in [1.54, 1.807) is 49.0 Å². The highest BCUT2D eigenvalue weighted by atomic mass is 32.2. The molecule has 2 saturated heterocycles. The lowest BCUT2D eigenvalue weighted by molar-refractivity contribution is -0.130. The molecule has 0 radical (unpaired) electrons. The lowest BCUT2D eigenvalue weighted by atomic mass is 10.1. The first-order valence-electron chi connectivity index (χ1n) is 11.9. The maximum atomic E-state index is 13.6. The van der Waals surface area contributed by atoms with Crippen LogP contribution in [0.4, 0.5) is 4.79 Å². The summed E-state index contributed by atoms with van der Waals surface area (Å²) in [7, 11) is -0.539. The number of terminal acetylenes is 1. The number of hydrazone groups is 1. The molecule has 0 aliphatic carbocycles. The number of nitrogens with zero attached hydrogens (tertiary/aromatic N) is 5. The summed E-state index contributed by atoms with van der Waals surface area (Å²) < 4.78 is 29.7. The van der Waals surface area contributed by atoms with Crippen LogP contribution in [0.1, 0.15) is 18.4 Å². The van der Waals surface area contributed by atoms with E-state index in [-0.39, 0.29) is 48.2 Å². The van der Waals surface area contributed by atoms with Gasteiger partial charge in [0, 0.05) is 62.8 Å². The van der Waals surface area contributed by atoms with Crippen LogP contribution < -0.4 is 5.32 Å². The molecule has 2 fully saturated rings. The topological polar surface area (TPSA) is 106 Å². The highest BCUT2D eigenvalue weighted by Crippen LogP contribution is 2.33. The van der Waals surface area contributed by atoms with Gasteiger partial charge in [0.05, 0.1) is 12.1 Å². The number of thioether (sulfide) groups is 1. The van der Waals surface area contributed by atoms with Crippen molar-refractivity contribution in [3.05, 3.63) is 29.8 Å². The van der Waals surface area contributed by atoms with Crippen molar-refractivity contribution in [2.45, 2.75) is 29.1 Å². The van der Waals surface area contributed by atoms with Gasteiger partial charge < -0.3 is 9.80 Å². The first kappa shape index (κ1) is 26.0. The maximum absolute atomic E-state index is 13.6. The Kier molecular flexibility index (Phi) is 7.21. The fourth-order valence-corrected chi connectivity index (χ4v) is 8.69. The van der Waals surface area contributed by atoms with E-state index in [9.17, 15) is 18.0 Å². The predicted octanol–water partition coefficient (Wildman–Crippen LogP) is 1.84. The number of urea groups is 1. The van der Waals surface area contributed by atoms with E-state index < -0.39 is 16.1 Å². The normalized spacial score (nSPS) is 22.5. The molecule has 3 aliphatic rings. The number of nitrogens with one attached hydrogen (secondary N) is 1. The van der Waals surface area contributed by atoms with Crippen molar-refractivity contribution in [2.75, 3.05) is 46.2 Å². The van der Waals surface area contributed by atoms with E-state index in [1.807, 2.05) is 6.07 Å². The second-order valence-corrected chi connectivity index (χ2v) is 13.6. The second kappa shape index (κ2) is 10.3. The number of sulfonamides is 1. The Morgan fingerprint density at radius 3 is 2.81 bits per heavy atom. The third-order valence-electron chi connectivity index (χ3n) is 6.78. The van der Waals surface area contributed by atoms with E-state index >= 15 is 0 Å². The van der Waals surface area contributed by atoms with Gasteiger partial charge in [0.1, 0.15) is 9.25 Å². The van der Waals surface area contributed by atoms with Crippen LogP contribution in [-0.2, 0) is 14.8 Å². The molecule has 196 valence electrons. The van der Waals surface area contributed by atoms with Gasteiger partial charge >= 0.3 is 6.03 Å². The van der Waals surface area contributed by atoms with E-state index in [2.05, 4.69) is 16.3 Å². The molecule has 13 heteroatoms. The number of piperazine rings is 1. The number of amides is 3. The van der Waals surface area contributed by atoms with Gasteiger partial charge in [0.25, 0.3) is 10.0 Å². The molecule has 3 aliphatic heterocycles. The number of carbonyl (C=O) groups excluding carboxylic acids is 2. The van der Waals surface area contributed by atoms with E-state index in [1.165, 1.54) is 25.6 Å². The van der Waals surface area contributed by atoms with Gasteiger partial charge in [-0.05, 0) is 30.0 Å². The summed E-state index contributed by atoms with van der Waals surface area (Å²) >= 11 is 2.75. The van der Waals surface area contributed by atoms with Crippen LogP contribution in [0, 0.1) is 12.3 Å². The number of fused-ring (bicyclic) bond motifs is 2. The molecule has 0 spiro atoms. The Morgan fingerprint density at radius 2 is 2.05 bits per heavy atom. The zero-order valence-corrected chi connectivity index (χ0v) is 23.0. The molecule has 10 nitrogen and oxygen atoms in total. The van der Waals surface area contributed by atoms with Crippen LogP contribution in [-0.4, -0.2) is 103 Å².